The van der Waals surface area contributed by atoms with Gasteiger partial charge in [0.25, 0.3) is 0 Å². The zero-order valence-corrected chi connectivity index (χ0v) is 19.3. The van der Waals surface area contributed by atoms with Gasteiger partial charge in [-0.1, -0.05) is 47.8 Å². The molecule has 0 unspecified atom stereocenters. The van der Waals surface area contributed by atoms with Crippen molar-refractivity contribution in [3.05, 3.63) is 64.8 Å². The zero-order chi connectivity index (χ0) is 20.8. The van der Waals surface area contributed by atoms with E-state index in [0.29, 0.717) is 5.75 Å². The fraction of sp³-hybridized carbons (Fsp3) is 0.174. The molecule has 0 radical (unpaired) electrons. The third-order valence-electron chi connectivity index (χ3n) is 5.12. The van der Waals surface area contributed by atoms with Crippen LogP contribution in [0.2, 0.25) is 0 Å². The molecule has 5 rings (SSSR count). The fourth-order valence-corrected chi connectivity index (χ4v) is 6.76. The van der Waals surface area contributed by atoms with Crippen molar-refractivity contribution < 1.29 is 4.79 Å². The van der Waals surface area contributed by atoms with Crippen molar-refractivity contribution in [3.63, 3.8) is 0 Å². The van der Waals surface area contributed by atoms with Crippen LogP contribution in [0.5, 0.6) is 0 Å². The summed E-state index contributed by atoms with van der Waals surface area (Å²) in [5.41, 5.74) is 3.09. The molecule has 0 aliphatic carbocycles. The van der Waals surface area contributed by atoms with E-state index in [1.54, 1.807) is 23.1 Å². The van der Waals surface area contributed by atoms with Gasteiger partial charge in [-0.15, -0.1) is 11.3 Å². The first kappa shape index (κ1) is 19.6. The Balaban J connectivity index is 1.50. The smallest absolute Gasteiger partial charge is 0.242 e. The second kappa shape index (κ2) is 7.72. The first-order valence-corrected chi connectivity index (χ1v) is 12.2. The highest BCUT2D eigenvalue weighted by molar-refractivity contribution is 8.00. The fourth-order valence-electron chi connectivity index (χ4n) is 3.59. The van der Waals surface area contributed by atoms with Gasteiger partial charge in [0.2, 0.25) is 5.91 Å². The summed E-state index contributed by atoms with van der Waals surface area (Å²) in [6.45, 7) is 6.12. The highest BCUT2D eigenvalue weighted by Gasteiger charge is 2.28. The maximum atomic E-state index is 13.5. The quantitative estimate of drug-likeness (QED) is 0.262. The molecule has 2 aromatic carbocycles. The van der Waals surface area contributed by atoms with Gasteiger partial charge in [0.15, 0.2) is 0 Å². The summed E-state index contributed by atoms with van der Waals surface area (Å²) < 4.78 is 0. The number of hydrogen-bond donors (Lipinski definition) is 0. The molecule has 0 bridgehead atoms. The van der Waals surface area contributed by atoms with Crippen molar-refractivity contribution in [2.75, 3.05) is 10.7 Å². The molecule has 1 aliphatic heterocycles. The molecule has 0 N–H and O–H groups in total. The number of amides is 1. The molecule has 4 aromatic rings. The van der Waals surface area contributed by atoms with Gasteiger partial charge in [-0.25, -0.2) is 9.97 Å². The number of rotatable bonds is 3. The number of benzene rings is 2. The van der Waals surface area contributed by atoms with Crippen LogP contribution in [0.4, 0.5) is 11.4 Å². The number of thioether (sulfide) groups is 1. The summed E-state index contributed by atoms with van der Waals surface area (Å²) in [5, 5.41) is 1.97. The molecular formula is C23H19N3OS3. The van der Waals surface area contributed by atoms with E-state index < -0.39 is 0 Å². The third kappa shape index (κ3) is 3.31. The molecule has 1 aliphatic rings. The minimum Gasteiger partial charge on any atom is -0.278 e. The van der Waals surface area contributed by atoms with Gasteiger partial charge >= 0.3 is 0 Å². The van der Waals surface area contributed by atoms with Crippen molar-refractivity contribution >= 4 is 62.4 Å². The maximum absolute atomic E-state index is 13.5. The molecular weight excluding hydrogens is 430 g/mol. The monoisotopic (exact) mass is 449 g/mol. The Morgan fingerprint density at radius 3 is 2.27 bits per heavy atom. The standard InChI is InChI=1S/C23H19N3OS3/c1-13-14(2)29-23-21(13)22(24-15(3)25-23)28-12-20(27)26-16-8-4-6-10-18(16)30-19-11-7-5-9-17(19)26/h4-11H,12H2,1-3H3. The van der Waals surface area contributed by atoms with Crippen LogP contribution in [0.15, 0.2) is 63.3 Å². The zero-order valence-electron chi connectivity index (χ0n) is 16.8. The number of anilines is 2. The van der Waals surface area contributed by atoms with E-state index in [4.69, 9.17) is 0 Å². The van der Waals surface area contributed by atoms with Crippen LogP contribution in [-0.4, -0.2) is 21.6 Å². The second-order valence-electron chi connectivity index (χ2n) is 7.09. The van der Waals surface area contributed by atoms with E-state index in [0.717, 1.165) is 42.2 Å². The van der Waals surface area contributed by atoms with Crippen LogP contribution in [0.25, 0.3) is 10.2 Å². The van der Waals surface area contributed by atoms with Crippen molar-refractivity contribution in [2.24, 2.45) is 0 Å². The number of hydrogen-bond acceptors (Lipinski definition) is 6. The summed E-state index contributed by atoms with van der Waals surface area (Å²) >= 11 is 4.90. The molecule has 7 heteroatoms. The van der Waals surface area contributed by atoms with E-state index >= 15 is 0 Å². The number of nitrogens with zero attached hydrogens (tertiary/aromatic N) is 3. The van der Waals surface area contributed by atoms with Gasteiger partial charge < -0.3 is 0 Å². The first-order valence-electron chi connectivity index (χ1n) is 9.59. The largest absolute Gasteiger partial charge is 0.278 e. The molecule has 4 nitrogen and oxygen atoms in total. The van der Waals surface area contributed by atoms with E-state index in [9.17, 15) is 4.79 Å². The Hall–Kier alpha value is -2.35. The third-order valence-corrected chi connectivity index (χ3v) is 8.31. The number of aromatic nitrogens is 2. The summed E-state index contributed by atoms with van der Waals surface area (Å²) in [7, 11) is 0. The summed E-state index contributed by atoms with van der Waals surface area (Å²) in [6, 6.07) is 16.2. The number of para-hydroxylation sites is 2. The Bertz CT molecular complexity index is 1250. The van der Waals surface area contributed by atoms with Crippen LogP contribution in [0.3, 0.4) is 0 Å². The lowest BCUT2D eigenvalue weighted by molar-refractivity contribution is -0.115. The number of fused-ring (bicyclic) bond motifs is 3. The van der Waals surface area contributed by atoms with Gasteiger partial charge in [0.1, 0.15) is 15.7 Å². The van der Waals surface area contributed by atoms with Crippen molar-refractivity contribution in [1.29, 1.82) is 0 Å². The van der Waals surface area contributed by atoms with Crippen molar-refractivity contribution in [3.8, 4) is 0 Å². The lowest BCUT2D eigenvalue weighted by Gasteiger charge is -2.31. The van der Waals surface area contributed by atoms with Gasteiger partial charge in [-0.3, -0.25) is 9.69 Å². The summed E-state index contributed by atoms with van der Waals surface area (Å²) in [4.78, 5) is 29.0. The summed E-state index contributed by atoms with van der Waals surface area (Å²) in [6.07, 6.45) is 0. The van der Waals surface area contributed by atoms with Crippen LogP contribution >= 0.6 is 34.9 Å². The number of thiophene rings is 1. The molecule has 1 amide bonds. The Morgan fingerprint density at radius 1 is 0.967 bits per heavy atom. The van der Waals surface area contributed by atoms with Crippen molar-refractivity contribution in [1.82, 2.24) is 9.97 Å². The van der Waals surface area contributed by atoms with Crippen LogP contribution < -0.4 is 4.90 Å². The molecule has 30 heavy (non-hydrogen) atoms. The van der Waals surface area contributed by atoms with Gasteiger partial charge in [0, 0.05) is 20.1 Å². The Kier molecular flexibility index (Phi) is 5.05. The molecule has 0 saturated heterocycles. The van der Waals surface area contributed by atoms with Gasteiger partial charge in [-0.05, 0) is 50.6 Å². The molecule has 0 atom stereocenters. The van der Waals surface area contributed by atoms with E-state index in [1.165, 1.54) is 22.2 Å². The highest BCUT2D eigenvalue weighted by atomic mass is 32.2. The minimum absolute atomic E-state index is 0.0502. The Morgan fingerprint density at radius 2 is 1.60 bits per heavy atom. The predicted molar refractivity (Wildman–Crippen MR) is 127 cm³/mol. The highest BCUT2D eigenvalue weighted by Crippen LogP contribution is 2.48. The van der Waals surface area contributed by atoms with Crippen molar-refractivity contribution in [2.45, 2.75) is 35.6 Å². The molecule has 150 valence electrons. The normalized spacial score (nSPS) is 12.7. The van der Waals surface area contributed by atoms with E-state index in [2.05, 4.69) is 35.9 Å². The topological polar surface area (TPSA) is 46.1 Å². The number of aryl methyl sites for hydroxylation is 3. The Labute approximate surface area is 187 Å². The molecule has 2 aromatic heterocycles. The number of carbonyl (C=O) groups is 1. The SMILES string of the molecule is Cc1nc(SCC(=O)N2c3ccccc3Sc3ccccc32)c2c(C)c(C)sc2n1. The summed E-state index contributed by atoms with van der Waals surface area (Å²) in [5.74, 6) is 1.10. The van der Waals surface area contributed by atoms with Crippen LogP contribution in [-0.2, 0) is 4.79 Å². The van der Waals surface area contributed by atoms with Crippen LogP contribution in [0.1, 0.15) is 16.3 Å². The molecule has 0 spiro atoms. The lowest BCUT2D eigenvalue weighted by Crippen LogP contribution is -2.30. The first-order chi connectivity index (χ1) is 14.5. The average Bonchev–Trinajstić information content (AvgIpc) is 3.03. The van der Waals surface area contributed by atoms with Gasteiger partial charge in [0.05, 0.1) is 17.1 Å². The van der Waals surface area contributed by atoms with Crippen LogP contribution in [0, 0.1) is 20.8 Å². The molecule has 0 fully saturated rings. The maximum Gasteiger partial charge on any atom is 0.242 e. The van der Waals surface area contributed by atoms with E-state index in [1.807, 2.05) is 48.2 Å². The lowest BCUT2D eigenvalue weighted by atomic mass is 10.2. The number of carbonyl (C=O) groups excluding carboxylic acids is 1. The van der Waals surface area contributed by atoms with Gasteiger partial charge in [-0.2, -0.15) is 0 Å². The second-order valence-corrected chi connectivity index (χ2v) is 10.3. The average molecular weight is 450 g/mol. The molecule has 0 saturated carbocycles. The van der Waals surface area contributed by atoms with E-state index in [-0.39, 0.29) is 5.91 Å². The predicted octanol–water partition coefficient (Wildman–Crippen LogP) is 6.54. The minimum atomic E-state index is 0.0502. The molecule has 3 heterocycles.